The van der Waals surface area contributed by atoms with Gasteiger partial charge in [0.05, 0.1) is 6.54 Å². The molecule has 0 saturated carbocycles. The first-order chi connectivity index (χ1) is 6.09. The first-order valence-electron chi connectivity index (χ1n) is 3.42. The molecule has 0 aliphatic carbocycles. The van der Waals surface area contributed by atoms with Gasteiger partial charge in [-0.15, -0.1) is 11.3 Å². The molecule has 0 radical (unpaired) electrons. The Labute approximate surface area is 84.4 Å². The molecule has 6 heteroatoms. The minimum atomic E-state index is -0.533. The molecular weight excluding hydrogens is 210 g/mol. The fraction of sp³-hybridized carbons (Fsp3) is 0.143. The van der Waals surface area contributed by atoms with E-state index in [-0.39, 0.29) is 5.69 Å². The third-order valence-corrected chi connectivity index (χ3v) is 2.12. The minimum Gasteiger partial charge on any atom is -0.364 e. The van der Waals surface area contributed by atoms with Crippen LogP contribution in [0.2, 0.25) is 0 Å². The van der Waals surface area contributed by atoms with E-state index in [1.165, 1.54) is 11.3 Å². The molecule has 0 unspecified atom stereocenters. The second-order valence-corrected chi connectivity index (χ2v) is 3.67. The van der Waals surface area contributed by atoms with Crippen LogP contribution in [0.5, 0.6) is 0 Å². The van der Waals surface area contributed by atoms with Gasteiger partial charge < -0.3 is 11.1 Å². The smallest absolute Gasteiger partial charge is 0.268 e. The molecule has 0 aliphatic rings. The van der Waals surface area contributed by atoms with Gasteiger partial charge in [-0.2, -0.15) is 0 Å². The zero-order chi connectivity index (χ0) is 9.84. The molecule has 0 aromatic carbocycles. The van der Waals surface area contributed by atoms with E-state index in [2.05, 4.69) is 16.9 Å². The summed E-state index contributed by atoms with van der Waals surface area (Å²) in [7, 11) is 0. The first kappa shape index (κ1) is 10.0. The number of anilines is 1. The van der Waals surface area contributed by atoms with E-state index >= 15 is 0 Å². The fourth-order valence-corrected chi connectivity index (χ4v) is 1.41. The highest BCUT2D eigenvalue weighted by molar-refractivity contribution is 7.13. The summed E-state index contributed by atoms with van der Waals surface area (Å²) >= 11 is 6.82. The number of hydrogen-bond acceptors (Lipinski definition) is 4. The number of hydrogen-bond donors (Lipinski definition) is 2. The number of carbonyl (C=O) groups is 1. The van der Waals surface area contributed by atoms with Crippen LogP contribution >= 0.6 is 22.9 Å². The van der Waals surface area contributed by atoms with Crippen molar-refractivity contribution in [1.29, 1.82) is 0 Å². The highest BCUT2D eigenvalue weighted by Crippen LogP contribution is 2.15. The Morgan fingerprint density at radius 2 is 2.54 bits per heavy atom. The predicted octanol–water partition coefficient (Wildman–Crippen LogP) is 1.41. The van der Waals surface area contributed by atoms with Crippen LogP contribution in [0.15, 0.2) is 17.0 Å². The van der Waals surface area contributed by atoms with Crippen molar-refractivity contribution in [3.05, 3.63) is 22.7 Å². The standard InChI is InChI=1S/C7H8ClN3OS/c1-4(8)2-10-7-11-5(3-13-7)6(9)12/h3H,1-2H2,(H2,9,12)(H,10,11). The number of nitrogens with one attached hydrogen (secondary N) is 1. The average molecular weight is 218 g/mol. The SMILES string of the molecule is C=C(Cl)CNc1nc(C(N)=O)cs1. The topological polar surface area (TPSA) is 68.0 Å². The van der Waals surface area contributed by atoms with Crippen molar-refractivity contribution >= 4 is 34.0 Å². The summed E-state index contributed by atoms with van der Waals surface area (Å²) in [6.07, 6.45) is 0. The van der Waals surface area contributed by atoms with Crippen molar-refractivity contribution in [3.63, 3.8) is 0 Å². The molecule has 0 saturated heterocycles. The minimum absolute atomic E-state index is 0.257. The monoisotopic (exact) mass is 217 g/mol. The molecule has 1 aromatic heterocycles. The molecule has 1 rings (SSSR count). The third kappa shape index (κ3) is 3.04. The van der Waals surface area contributed by atoms with E-state index in [0.29, 0.717) is 16.7 Å². The highest BCUT2D eigenvalue weighted by atomic mass is 35.5. The van der Waals surface area contributed by atoms with Gasteiger partial charge in [0.2, 0.25) is 0 Å². The molecule has 1 aromatic rings. The molecular formula is C7H8ClN3OS. The number of carbonyl (C=O) groups excluding carboxylic acids is 1. The van der Waals surface area contributed by atoms with Gasteiger partial charge in [-0.05, 0) is 0 Å². The van der Waals surface area contributed by atoms with Crippen LogP contribution < -0.4 is 11.1 Å². The predicted molar refractivity (Wildman–Crippen MR) is 54.1 cm³/mol. The van der Waals surface area contributed by atoms with Gasteiger partial charge in [0, 0.05) is 10.4 Å². The Balaban J connectivity index is 2.59. The average Bonchev–Trinajstić information content (AvgIpc) is 2.48. The van der Waals surface area contributed by atoms with Crippen molar-refractivity contribution in [2.45, 2.75) is 0 Å². The number of rotatable bonds is 4. The second kappa shape index (κ2) is 4.25. The Hall–Kier alpha value is -1.07. The van der Waals surface area contributed by atoms with Crippen LogP contribution in [0.3, 0.4) is 0 Å². The Bertz CT molecular complexity index is 336. The summed E-state index contributed by atoms with van der Waals surface area (Å²) in [5.41, 5.74) is 5.27. The van der Waals surface area contributed by atoms with Crippen LogP contribution in [0, 0.1) is 0 Å². The zero-order valence-corrected chi connectivity index (χ0v) is 8.28. The van der Waals surface area contributed by atoms with E-state index in [0.717, 1.165) is 0 Å². The summed E-state index contributed by atoms with van der Waals surface area (Å²) in [5.74, 6) is -0.533. The lowest BCUT2D eigenvalue weighted by Gasteiger charge is -1.97. The number of halogens is 1. The van der Waals surface area contributed by atoms with Crippen LogP contribution in [-0.2, 0) is 0 Å². The van der Waals surface area contributed by atoms with Gasteiger partial charge in [-0.25, -0.2) is 4.98 Å². The van der Waals surface area contributed by atoms with E-state index in [4.69, 9.17) is 17.3 Å². The normalized spacial score (nSPS) is 9.62. The fourth-order valence-electron chi connectivity index (χ4n) is 0.640. The molecule has 0 fully saturated rings. The van der Waals surface area contributed by atoms with Crippen LogP contribution in [0.4, 0.5) is 5.13 Å². The first-order valence-corrected chi connectivity index (χ1v) is 4.68. The maximum atomic E-state index is 10.6. The number of nitrogens with zero attached hydrogens (tertiary/aromatic N) is 1. The maximum Gasteiger partial charge on any atom is 0.268 e. The third-order valence-electron chi connectivity index (χ3n) is 1.19. The lowest BCUT2D eigenvalue weighted by Crippen LogP contribution is -2.11. The van der Waals surface area contributed by atoms with E-state index in [1.54, 1.807) is 5.38 Å². The van der Waals surface area contributed by atoms with Gasteiger partial charge in [0.1, 0.15) is 5.69 Å². The van der Waals surface area contributed by atoms with Crippen molar-refractivity contribution < 1.29 is 4.79 Å². The zero-order valence-electron chi connectivity index (χ0n) is 6.71. The lowest BCUT2D eigenvalue weighted by molar-refractivity contribution is 0.0996. The van der Waals surface area contributed by atoms with E-state index in [1.807, 2.05) is 0 Å². The van der Waals surface area contributed by atoms with Crippen LogP contribution in [0.25, 0.3) is 0 Å². The summed E-state index contributed by atoms with van der Waals surface area (Å²) in [6.45, 7) is 3.92. The van der Waals surface area contributed by atoms with Crippen molar-refractivity contribution in [2.75, 3.05) is 11.9 Å². The van der Waals surface area contributed by atoms with Crippen LogP contribution in [-0.4, -0.2) is 17.4 Å². The molecule has 1 heterocycles. The molecule has 0 bridgehead atoms. The Morgan fingerprint density at radius 3 is 3.00 bits per heavy atom. The summed E-state index contributed by atoms with van der Waals surface area (Å²) < 4.78 is 0. The second-order valence-electron chi connectivity index (χ2n) is 2.27. The highest BCUT2D eigenvalue weighted by Gasteiger charge is 2.05. The van der Waals surface area contributed by atoms with E-state index < -0.39 is 5.91 Å². The molecule has 0 aliphatic heterocycles. The Morgan fingerprint density at radius 1 is 1.85 bits per heavy atom. The maximum absolute atomic E-state index is 10.6. The number of thiazole rings is 1. The molecule has 0 atom stereocenters. The molecule has 3 N–H and O–H groups in total. The molecule has 0 spiro atoms. The lowest BCUT2D eigenvalue weighted by atomic mass is 10.5. The van der Waals surface area contributed by atoms with Crippen molar-refractivity contribution in [3.8, 4) is 0 Å². The number of aromatic nitrogens is 1. The van der Waals surface area contributed by atoms with Gasteiger partial charge in [0.15, 0.2) is 5.13 Å². The molecule has 1 amide bonds. The largest absolute Gasteiger partial charge is 0.364 e. The van der Waals surface area contributed by atoms with Crippen molar-refractivity contribution in [2.24, 2.45) is 5.73 Å². The number of amides is 1. The summed E-state index contributed by atoms with van der Waals surface area (Å²) in [5, 5.41) is 5.56. The number of primary amides is 1. The molecule has 4 nitrogen and oxygen atoms in total. The Kier molecular flexibility index (Phi) is 3.27. The van der Waals surface area contributed by atoms with Gasteiger partial charge in [0.25, 0.3) is 5.91 Å². The van der Waals surface area contributed by atoms with Crippen molar-refractivity contribution in [1.82, 2.24) is 4.98 Å². The quantitative estimate of drug-likeness (QED) is 0.801. The van der Waals surface area contributed by atoms with E-state index in [9.17, 15) is 4.79 Å². The molecule has 13 heavy (non-hydrogen) atoms. The van der Waals surface area contributed by atoms with Crippen LogP contribution in [0.1, 0.15) is 10.5 Å². The summed E-state index contributed by atoms with van der Waals surface area (Å²) in [4.78, 5) is 14.6. The van der Waals surface area contributed by atoms with Gasteiger partial charge >= 0.3 is 0 Å². The van der Waals surface area contributed by atoms with Gasteiger partial charge in [-0.1, -0.05) is 18.2 Å². The van der Waals surface area contributed by atoms with Gasteiger partial charge in [-0.3, -0.25) is 4.79 Å². The number of nitrogens with two attached hydrogens (primary N) is 1. The summed E-state index contributed by atoms with van der Waals surface area (Å²) in [6, 6.07) is 0. The molecule has 70 valence electrons.